The third kappa shape index (κ3) is 3.75. The van der Waals surface area contributed by atoms with Crippen LogP contribution in [0.3, 0.4) is 0 Å². The summed E-state index contributed by atoms with van der Waals surface area (Å²) in [5.74, 6) is 0.706. The van der Waals surface area contributed by atoms with E-state index in [0.29, 0.717) is 5.92 Å². The summed E-state index contributed by atoms with van der Waals surface area (Å²) in [6, 6.07) is 12.0. The summed E-state index contributed by atoms with van der Waals surface area (Å²) >= 11 is 3.09. The molecule has 5 nitrogen and oxygen atoms in total. The first kappa shape index (κ1) is 17.5. The van der Waals surface area contributed by atoms with Crippen LogP contribution in [-0.4, -0.2) is 42.5 Å². The molecular formula is C19H22N4OS2. The van der Waals surface area contributed by atoms with Crippen molar-refractivity contribution < 1.29 is 4.79 Å². The molecule has 0 aliphatic carbocycles. The molecule has 2 aromatic heterocycles. The average Bonchev–Trinajstić information content (AvgIpc) is 3.21. The smallest absolute Gasteiger partial charge is 0.264 e. The number of nitrogens with one attached hydrogen (secondary N) is 2. The minimum Gasteiger partial charge on any atom is -0.338 e. The van der Waals surface area contributed by atoms with Crippen molar-refractivity contribution in [2.24, 2.45) is 5.92 Å². The van der Waals surface area contributed by atoms with Gasteiger partial charge in [0.1, 0.15) is 4.83 Å². The summed E-state index contributed by atoms with van der Waals surface area (Å²) < 4.78 is 1.07. The molecule has 26 heavy (non-hydrogen) atoms. The second-order valence-electron chi connectivity index (χ2n) is 6.61. The van der Waals surface area contributed by atoms with E-state index in [9.17, 15) is 4.79 Å². The number of hydrogen-bond donors (Lipinski definition) is 2. The minimum atomic E-state index is 0.151. The molecule has 0 spiro atoms. The fourth-order valence-electron chi connectivity index (χ4n) is 3.40. The molecular weight excluding hydrogens is 364 g/mol. The third-order valence-corrected chi connectivity index (χ3v) is 6.69. The quantitative estimate of drug-likeness (QED) is 0.691. The van der Waals surface area contributed by atoms with Gasteiger partial charge in [-0.25, -0.2) is 4.98 Å². The fourth-order valence-corrected chi connectivity index (χ4v) is 5.50. The van der Waals surface area contributed by atoms with E-state index in [4.69, 9.17) is 0 Å². The van der Waals surface area contributed by atoms with Crippen LogP contribution in [0.5, 0.6) is 0 Å². The van der Waals surface area contributed by atoms with Gasteiger partial charge in [-0.2, -0.15) is 0 Å². The second kappa shape index (κ2) is 7.73. The van der Waals surface area contributed by atoms with Crippen LogP contribution in [0, 0.1) is 5.92 Å². The highest BCUT2D eigenvalue weighted by Gasteiger charge is 2.25. The number of aromatic nitrogens is 1. The Morgan fingerprint density at radius 3 is 2.92 bits per heavy atom. The molecule has 136 valence electrons. The lowest BCUT2D eigenvalue weighted by molar-refractivity contribution is 0.0679. The number of hydrogen-bond acceptors (Lipinski definition) is 6. The normalized spacial score (nSPS) is 17.6. The van der Waals surface area contributed by atoms with Gasteiger partial charge in [0, 0.05) is 18.8 Å². The van der Waals surface area contributed by atoms with Gasteiger partial charge in [-0.1, -0.05) is 29.5 Å². The maximum atomic E-state index is 12.9. The van der Waals surface area contributed by atoms with Crippen molar-refractivity contribution in [1.82, 2.24) is 15.2 Å². The van der Waals surface area contributed by atoms with Crippen LogP contribution in [0.15, 0.2) is 36.4 Å². The number of fused-ring (bicyclic) bond motifs is 1. The highest BCUT2D eigenvalue weighted by atomic mass is 32.1. The molecule has 0 saturated carbocycles. The third-order valence-electron chi connectivity index (χ3n) is 4.62. The summed E-state index contributed by atoms with van der Waals surface area (Å²) in [6.07, 6.45) is 2.28. The van der Waals surface area contributed by atoms with Gasteiger partial charge < -0.3 is 15.5 Å². The van der Waals surface area contributed by atoms with E-state index < -0.39 is 0 Å². The van der Waals surface area contributed by atoms with Crippen LogP contribution < -0.4 is 10.6 Å². The van der Waals surface area contributed by atoms with Gasteiger partial charge >= 0.3 is 0 Å². The molecule has 1 amide bonds. The highest BCUT2D eigenvalue weighted by molar-refractivity contribution is 7.29. The van der Waals surface area contributed by atoms with E-state index in [0.717, 1.165) is 51.3 Å². The zero-order valence-electron chi connectivity index (χ0n) is 14.7. The average molecular weight is 387 g/mol. The Morgan fingerprint density at radius 2 is 2.15 bits per heavy atom. The molecule has 0 bridgehead atoms. The van der Waals surface area contributed by atoms with E-state index >= 15 is 0 Å². The summed E-state index contributed by atoms with van der Waals surface area (Å²) in [5.41, 5.74) is 1.02. The van der Waals surface area contributed by atoms with E-state index in [1.807, 2.05) is 48.3 Å². The number of rotatable bonds is 5. The SMILES string of the molecule is CNCC1CCCN(C(=O)c2cc3sc(Nc4ccccc4)nc3s2)C1. The predicted molar refractivity (Wildman–Crippen MR) is 110 cm³/mol. The molecule has 1 atom stereocenters. The lowest BCUT2D eigenvalue weighted by atomic mass is 9.98. The van der Waals surface area contributed by atoms with Crippen molar-refractivity contribution in [3.05, 3.63) is 41.3 Å². The maximum absolute atomic E-state index is 12.9. The monoisotopic (exact) mass is 386 g/mol. The molecule has 4 rings (SSSR count). The summed E-state index contributed by atoms with van der Waals surface area (Å²) in [7, 11) is 1.97. The van der Waals surface area contributed by atoms with Gasteiger partial charge in [0.2, 0.25) is 0 Å². The molecule has 3 aromatic rings. The molecule has 1 saturated heterocycles. The largest absolute Gasteiger partial charge is 0.338 e. The first-order valence-corrected chi connectivity index (χ1v) is 10.5. The van der Waals surface area contributed by atoms with Crippen LogP contribution in [-0.2, 0) is 0 Å². The van der Waals surface area contributed by atoms with Gasteiger partial charge in [0.05, 0.1) is 9.58 Å². The molecule has 1 unspecified atom stereocenters. The minimum absolute atomic E-state index is 0.151. The Morgan fingerprint density at radius 1 is 1.31 bits per heavy atom. The van der Waals surface area contributed by atoms with Crippen molar-refractivity contribution in [3.8, 4) is 0 Å². The molecule has 1 aromatic carbocycles. The molecule has 1 aliphatic heterocycles. The molecule has 1 fully saturated rings. The molecule has 3 heterocycles. The second-order valence-corrected chi connectivity index (χ2v) is 8.67. The number of anilines is 2. The Bertz CT molecular complexity index is 856. The van der Waals surface area contributed by atoms with E-state index in [2.05, 4.69) is 15.6 Å². The number of nitrogens with zero attached hydrogens (tertiary/aromatic N) is 2. The van der Waals surface area contributed by atoms with Crippen molar-refractivity contribution >= 4 is 48.9 Å². The van der Waals surface area contributed by atoms with E-state index in [1.165, 1.54) is 17.8 Å². The molecule has 0 radical (unpaired) electrons. The number of piperidine rings is 1. The van der Waals surface area contributed by atoms with E-state index in [1.54, 1.807) is 11.3 Å². The number of amides is 1. The highest BCUT2D eigenvalue weighted by Crippen LogP contribution is 2.35. The summed E-state index contributed by atoms with van der Waals surface area (Å²) in [4.78, 5) is 21.3. The topological polar surface area (TPSA) is 57.3 Å². The van der Waals surface area contributed by atoms with Crippen LogP contribution in [0.4, 0.5) is 10.8 Å². The number of para-hydroxylation sites is 1. The number of benzene rings is 1. The van der Waals surface area contributed by atoms with Crippen molar-refractivity contribution in [2.45, 2.75) is 12.8 Å². The first-order chi connectivity index (χ1) is 12.7. The lowest BCUT2D eigenvalue weighted by Gasteiger charge is -2.32. The Balaban J connectivity index is 1.47. The standard InChI is InChI=1S/C19H22N4OS2/c1-20-11-13-6-5-9-23(12-13)18(24)16-10-15-17(25-16)22-19(26-15)21-14-7-3-2-4-8-14/h2-4,7-8,10,13,20H,5-6,9,11-12H2,1H3,(H,21,22). The zero-order chi connectivity index (χ0) is 17.9. The number of carbonyl (C=O) groups is 1. The first-order valence-electron chi connectivity index (χ1n) is 8.89. The van der Waals surface area contributed by atoms with Gasteiger partial charge in [-0.15, -0.1) is 11.3 Å². The molecule has 1 aliphatic rings. The number of likely N-dealkylation sites (tertiary alicyclic amines) is 1. The lowest BCUT2D eigenvalue weighted by Crippen LogP contribution is -2.42. The van der Waals surface area contributed by atoms with Crippen molar-refractivity contribution in [1.29, 1.82) is 0 Å². The van der Waals surface area contributed by atoms with Gasteiger partial charge in [-0.3, -0.25) is 4.79 Å². The number of thiazole rings is 1. The van der Waals surface area contributed by atoms with Crippen molar-refractivity contribution in [3.63, 3.8) is 0 Å². The van der Waals surface area contributed by atoms with Crippen LogP contribution >= 0.6 is 22.7 Å². The van der Waals surface area contributed by atoms with Crippen molar-refractivity contribution in [2.75, 3.05) is 32.0 Å². The number of carbonyl (C=O) groups excluding carboxylic acids is 1. The fraction of sp³-hybridized carbons (Fsp3) is 0.368. The van der Waals surface area contributed by atoms with Gasteiger partial charge in [0.25, 0.3) is 5.91 Å². The molecule has 7 heteroatoms. The maximum Gasteiger partial charge on any atom is 0.264 e. The summed E-state index contributed by atoms with van der Waals surface area (Å²) in [6.45, 7) is 2.68. The Kier molecular flexibility index (Phi) is 5.19. The summed E-state index contributed by atoms with van der Waals surface area (Å²) in [5, 5.41) is 7.42. The zero-order valence-corrected chi connectivity index (χ0v) is 16.3. The van der Waals surface area contributed by atoms with Gasteiger partial charge in [-0.05, 0) is 50.6 Å². The van der Waals surface area contributed by atoms with Crippen LogP contribution in [0.2, 0.25) is 0 Å². The molecule has 2 N–H and O–H groups in total. The van der Waals surface area contributed by atoms with E-state index in [-0.39, 0.29) is 5.91 Å². The van der Waals surface area contributed by atoms with Crippen LogP contribution in [0.1, 0.15) is 22.5 Å². The Hall–Kier alpha value is -1.96. The predicted octanol–water partition coefficient (Wildman–Crippen LogP) is 4.17. The Labute approximate surface area is 161 Å². The van der Waals surface area contributed by atoms with Gasteiger partial charge in [0.15, 0.2) is 5.13 Å². The van der Waals surface area contributed by atoms with Crippen LogP contribution in [0.25, 0.3) is 9.53 Å². The number of thiophene rings is 1.